The fourth-order valence-electron chi connectivity index (χ4n) is 2.04. The molecule has 0 saturated heterocycles. The van der Waals surface area contributed by atoms with Gasteiger partial charge < -0.3 is 14.7 Å². The van der Waals surface area contributed by atoms with Gasteiger partial charge in [-0.3, -0.25) is 0 Å². The summed E-state index contributed by atoms with van der Waals surface area (Å²) in [6.07, 6.45) is 3.67. The van der Waals surface area contributed by atoms with Gasteiger partial charge in [0.05, 0.1) is 12.8 Å². The van der Waals surface area contributed by atoms with Gasteiger partial charge in [-0.15, -0.1) is 0 Å². The van der Waals surface area contributed by atoms with E-state index >= 15 is 0 Å². The number of benzene rings is 1. The van der Waals surface area contributed by atoms with E-state index in [-0.39, 0.29) is 0 Å². The zero-order valence-electron chi connectivity index (χ0n) is 9.44. The van der Waals surface area contributed by atoms with Gasteiger partial charge in [0.1, 0.15) is 5.76 Å². The van der Waals surface area contributed by atoms with Crippen LogP contribution in [0.2, 0.25) is 0 Å². The van der Waals surface area contributed by atoms with Gasteiger partial charge in [-0.2, -0.15) is 0 Å². The molecule has 2 heterocycles. The number of furan rings is 1. The summed E-state index contributed by atoms with van der Waals surface area (Å²) in [5, 5.41) is 4.66. The van der Waals surface area contributed by atoms with Crippen LogP contribution in [0.5, 0.6) is 0 Å². The Morgan fingerprint density at radius 1 is 1.06 bits per heavy atom. The van der Waals surface area contributed by atoms with Crippen molar-refractivity contribution in [1.29, 1.82) is 0 Å². The first-order chi connectivity index (χ1) is 8.43. The topological polar surface area (TPSA) is 41.0 Å². The highest BCUT2D eigenvalue weighted by Gasteiger charge is 2.01. The Morgan fingerprint density at radius 3 is 2.94 bits per heavy atom. The van der Waals surface area contributed by atoms with Gasteiger partial charge in [-0.25, -0.2) is 0 Å². The van der Waals surface area contributed by atoms with Gasteiger partial charge in [-0.05, 0) is 29.8 Å². The van der Waals surface area contributed by atoms with Crippen molar-refractivity contribution in [3.8, 4) is 0 Å². The Hall–Kier alpha value is -2.00. The predicted octanol–water partition coefficient (Wildman–Crippen LogP) is 3.05. The summed E-state index contributed by atoms with van der Waals surface area (Å²) >= 11 is 0. The zero-order valence-corrected chi connectivity index (χ0v) is 9.44. The predicted molar refractivity (Wildman–Crippen MR) is 67.6 cm³/mol. The molecule has 0 aliphatic heterocycles. The van der Waals surface area contributed by atoms with Gasteiger partial charge in [0.25, 0.3) is 0 Å². The van der Waals surface area contributed by atoms with Crippen LogP contribution < -0.4 is 5.32 Å². The summed E-state index contributed by atoms with van der Waals surface area (Å²) < 4.78 is 5.28. The fourth-order valence-corrected chi connectivity index (χ4v) is 2.04. The second-order valence-corrected chi connectivity index (χ2v) is 4.04. The average Bonchev–Trinajstić information content (AvgIpc) is 2.99. The van der Waals surface area contributed by atoms with Crippen molar-refractivity contribution in [2.75, 3.05) is 0 Å². The first-order valence-electron chi connectivity index (χ1n) is 5.71. The van der Waals surface area contributed by atoms with E-state index in [2.05, 4.69) is 34.6 Å². The Morgan fingerprint density at radius 2 is 2.06 bits per heavy atom. The summed E-state index contributed by atoms with van der Waals surface area (Å²) in [7, 11) is 0. The number of aromatic amines is 1. The third-order valence-corrected chi connectivity index (χ3v) is 2.88. The van der Waals surface area contributed by atoms with E-state index in [0.29, 0.717) is 0 Å². The second-order valence-electron chi connectivity index (χ2n) is 4.04. The molecule has 0 amide bonds. The largest absolute Gasteiger partial charge is 0.468 e. The number of nitrogens with one attached hydrogen (secondary N) is 2. The van der Waals surface area contributed by atoms with Crippen molar-refractivity contribution in [1.82, 2.24) is 10.3 Å². The molecule has 0 radical (unpaired) electrons. The minimum absolute atomic E-state index is 0.758. The van der Waals surface area contributed by atoms with Crippen molar-refractivity contribution in [3.63, 3.8) is 0 Å². The van der Waals surface area contributed by atoms with E-state index in [1.165, 1.54) is 16.5 Å². The Kier molecular flexibility index (Phi) is 2.68. The number of aromatic nitrogens is 1. The minimum Gasteiger partial charge on any atom is -0.468 e. The van der Waals surface area contributed by atoms with Gasteiger partial charge >= 0.3 is 0 Å². The molecule has 86 valence electrons. The minimum atomic E-state index is 0.758. The van der Waals surface area contributed by atoms with Crippen LogP contribution in [0.4, 0.5) is 0 Å². The van der Waals surface area contributed by atoms with Crippen LogP contribution >= 0.6 is 0 Å². The maximum Gasteiger partial charge on any atom is 0.117 e. The third kappa shape index (κ3) is 2.10. The molecule has 0 saturated carbocycles. The molecular formula is C14H14N2O. The quantitative estimate of drug-likeness (QED) is 0.717. The standard InChI is InChI=1S/C14H14N2O/c1-3-11(13-6-7-16-14(13)5-1)9-15-10-12-4-2-8-17-12/h1-8,15-16H,9-10H2. The lowest BCUT2D eigenvalue weighted by molar-refractivity contribution is 0.483. The summed E-state index contributed by atoms with van der Waals surface area (Å²) in [6.45, 7) is 1.60. The molecule has 17 heavy (non-hydrogen) atoms. The van der Waals surface area contributed by atoms with Gasteiger partial charge in [-0.1, -0.05) is 12.1 Å². The maximum atomic E-state index is 5.28. The van der Waals surface area contributed by atoms with Gasteiger partial charge in [0.2, 0.25) is 0 Å². The summed E-state index contributed by atoms with van der Waals surface area (Å²) in [4.78, 5) is 3.22. The smallest absolute Gasteiger partial charge is 0.117 e. The van der Waals surface area contributed by atoms with E-state index in [9.17, 15) is 0 Å². The van der Waals surface area contributed by atoms with Crippen molar-refractivity contribution in [2.24, 2.45) is 0 Å². The highest BCUT2D eigenvalue weighted by Crippen LogP contribution is 2.17. The number of fused-ring (bicyclic) bond motifs is 1. The van der Waals surface area contributed by atoms with Gasteiger partial charge in [0, 0.05) is 23.6 Å². The lowest BCUT2D eigenvalue weighted by Crippen LogP contribution is -2.12. The monoisotopic (exact) mass is 226 g/mol. The van der Waals surface area contributed by atoms with Crippen molar-refractivity contribution in [2.45, 2.75) is 13.1 Å². The molecule has 0 fully saturated rings. The molecule has 3 heteroatoms. The molecule has 0 aliphatic carbocycles. The molecule has 0 unspecified atom stereocenters. The number of hydrogen-bond acceptors (Lipinski definition) is 2. The Labute approximate surface area is 99.5 Å². The molecule has 0 spiro atoms. The number of rotatable bonds is 4. The average molecular weight is 226 g/mol. The number of H-pyrrole nitrogens is 1. The van der Waals surface area contributed by atoms with Gasteiger partial charge in [0.15, 0.2) is 0 Å². The highest BCUT2D eigenvalue weighted by atomic mass is 16.3. The van der Waals surface area contributed by atoms with Crippen molar-refractivity contribution < 1.29 is 4.42 Å². The fraction of sp³-hybridized carbons (Fsp3) is 0.143. The Bertz CT molecular complexity index is 596. The van der Waals surface area contributed by atoms with E-state index in [1.807, 2.05) is 18.3 Å². The van der Waals surface area contributed by atoms with Crippen molar-refractivity contribution >= 4 is 10.9 Å². The molecule has 1 aromatic carbocycles. The summed E-state index contributed by atoms with van der Waals surface area (Å²) in [6, 6.07) is 12.3. The maximum absolute atomic E-state index is 5.28. The van der Waals surface area contributed by atoms with E-state index < -0.39 is 0 Å². The van der Waals surface area contributed by atoms with Crippen LogP contribution in [-0.2, 0) is 13.1 Å². The van der Waals surface area contributed by atoms with E-state index in [0.717, 1.165) is 18.8 Å². The second kappa shape index (κ2) is 4.47. The normalized spacial score (nSPS) is 11.1. The van der Waals surface area contributed by atoms with Crippen LogP contribution in [0.25, 0.3) is 10.9 Å². The molecule has 2 N–H and O–H groups in total. The third-order valence-electron chi connectivity index (χ3n) is 2.88. The molecule has 3 rings (SSSR count). The first-order valence-corrected chi connectivity index (χ1v) is 5.71. The van der Waals surface area contributed by atoms with Crippen LogP contribution in [0, 0.1) is 0 Å². The molecule has 0 atom stereocenters. The van der Waals surface area contributed by atoms with Crippen LogP contribution in [0.15, 0.2) is 53.3 Å². The van der Waals surface area contributed by atoms with E-state index in [4.69, 9.17) is 4.42 Å². The first kappa shape index (κ1) is 10.2. The SMILES string of the molecule is c1coc(CNCc2cccc3[nH]ccc23)c1. The Balaban J connectivity index is 1.70. The van der Waals surface area contributed by atoms with Crippen LogP contribution in [-0.4, -0.2) is 4.98 Å². The van der Waals surface area contributed by atoms with E-state index in [1.54, 1.807) is 6.26 Å². The molecule has 3 nitrogen and oxygen atoms in total. The summed E-state index contributed by atoms with van der Waals surface area (Å²) in [5.74, 6) is 0.964. The molecule has 0 bridgehead atoms. The zero-order chi connectivity index (χ0) is 11.5. The molecule has 3 aromatic rings. The number of hydrogen-bond donors (Lipinski definition) is 2. The lowest BCUT2D eigenvalue weighted by atomic mass is 10.1. The van der Waals surface area contributed by atoms with Crippen molar-refractivity contribution in [3.05, 3.63) is 60.2 Å². The highest BCUT2D eigenvalue weighted by molar-refractivity contribution is 5.82. The van der Waals surface area contributed by atoms with Crippen LogP contribution in [0.1, 0.15) is 11.3 Å². The molecule has 0 aliphatic rings. The molecule has 2 aromatic heterocycles. The van der Waals surface area contributed by atoms with Crippen LogP contribution in [0.3, 0.4) is 0 Å². The summed E-state index contributed by atoms with van der Waals surface area (Å²) in [5.41, 5.74) is 2.48. The molecular weight excluding hydrogens is 212 g/mol. The lowest BCUT2D eigenvalue weighted by Gasteiger charge is -2.04.